The maximum absolute atomic E-state index is 5.73. The zero-order valence-corrected chi connectivity index (χ0v) is 11.6. The van der Waals surface area contributed by atoms with Gasteiger partial charge in [-0.3, -0.25) is 0 Å². The summed E-state index contributed by atoms with van der Waals surface area (Å²) in [4.78, 5) is 4.02. The second-order valence-electron chi connectivity index (χ2n) is 3.43. The molecule has 5 heteroatoms. The molecule has 4 nitrogen and oxygen atoms in total. The highest BCUT2D eigenvalue weighted by Crippen LogP contribution is 2.33. The molecule has 1 aromatic heterocycles. The minimum absolute atomic E-state index is 0.511. The average molecular weight is 310 g/mol. The average Bonchev–Trinajstić information content (AvgIpc) is 2.41. The molecule has 1 aromatic carbocycles. The van der Waals surface area contributed by atoms with Gasteiger partial charge in [0.15, 0.2) is 0 Å². The molecule has 0 aliphatic carbocycles. The van der Waals surface area contributed by atoms with Gasteiger partial charge in [-0.1, -0.05) is 0 Å². The van der Waals surface area contributed by atoms with Crippen molar-refractivity contribution < 1.29 is 14.2 Å². The van der Waals surface area contributed by atoms with Crippen molar-refractivity contribution in [1.29, 1.82) is 0 Å². The predicted octanol–water partition coefficient (Wildman–Crippen LogP) is 3.65. The highest BCUT2D eigenvalue weighted by atomic mass is 79.9. The standard InChI is InChI=1S/C13H12BrNO3/c1-16-9-3-4-12(11(14)7-9)18-10-5-6-15-13(8-10)17-2/h3-8H,1-2H3. The van der Waals surface area contributed by atoms with Crippen molar-refractivity contribution in [2.24, 2.45) is 0 Å². The van der Waals surface area contributed by atoms with Crippen molar-refractivity contribution >= 4 is 15.9 Å². The van der Waals surface area contributed by atoms with Crippen molar-refractivity contribution in [3.05, 3.63) is 41.0 Å². The molecule has 0 aliphatic heterocycles. The number of halogens is 1. The van der Waals surface area contributed by atoms with Crippen molar-refractivity contribution in [2.75, 3.05) is 14.2 Å². The first-order valence-electron chi connectivity index (χ1n) is 5.24. The van der Waals surface area contributed by atoms with E-state index in [-0.39, 0.29) is 0 Å². The van der Waals surface area contributed by atoms with Crippen LogP contribution in [0.3, 0.4) is 0 Å². The SMILES string of the molecule is COc1ccc(Oc2ccnc(OC)c2)c(Br)c1. The topological polar surface area (TPSA) is 40.6 Å². The number of hydrogen-bond acceptors (Lipinski definition) is 4. The number of rotatable bonds is 4. The Hall–Kier alpha value is -1.75. The molecule has 2 rings (SSSR count). The van der Waals surface area contributed by atoms with E-state index in [2.05, 4.69) is 20.9 Å². The van der Waals surface area contributed by atoms with Crippen LogP contribution >= 0.6 is 15.9 Å². The van der Waals surface area contributed by atoms with E-state index in [1.54, 1.807) is 32.5 Å². The van der Waals surface area contributed by atoms with Crippen LogP contribution in [0.4, 0.5) is 0 Å². The third-order valence-corrected chi connectivity index (χ3v) is 2.90. The summed E-state index contributed by atoms with van der Waals surface area (Å²) >= 11 is 3.43. The van der Waals surface area contributed by atoms with Gasteiger partial charge >= 0.3 is 0 Å². The number of hydrogen-bond donors (Lipinski definition) is 0. The summed E-state index contributed by atoms with van der Waals surface area (Å²) in [5.41, 5.74) is 0. The zero-order valence-electron chi connectivity index (χ0n) is 10.0. The Morgan fingerprint density at radius 3 is 2.50 bits per heavy atom. The quantitative estimate of drug-likeness (QED) is 0.864. The third kappa shape index (κ3) is 2.92. The molecule has 94 valence electrons. The van der Waals surface area contributed by atoms with Gasteiger partial charge in [0.25, 0.3) is 0 Å². The molecule has 0 amide bonds. The second-order valence-corrected chi connectivity index (χ2v) is 4.29. The lowest BCUT2D eigenvalue weighted by atomic mass is 10.3. The van der Waals surface area contributed by atoms with Crippen LogP contribution in [-0.2, 0) is 0 Å². The van der Waals surface area contributed by atoms with Gasteiger partial charge in [-0.05, 0) is 40.2 Å². The number of nitrogens with zero attached hydrogens (tertiary/aromatic N) is 1. The van der Waals surface area contributed by atoms with Gasteiger partial charge in [0.05, 0.1) is 18.7 Å². The van der Waals surface area contributed by atoms with Crippen LogP contribution in [0.2, 0.25) is 0 Å². The summed E-state index contributed by atoms with van der Waals surface area (Å²) in [7, 11) is 3.19. The molecule has 0 unspecified atom stereocenters. The van der Waals surface area contributed by atoms with Crippen molar-refractivity contribution in [3.63, 3.8) is 0 Å². The fourth-order valence-corrected chi connectivity index (χ4v) is 1.82. The number of ether oxygens (including phenoxy) is 3. The zero-order chi connectivity index (χ0) is 13.0. The Bertz CT molecular complexity index is 546. The van der Waals surface area contributed by atoms with E-state index in [0.717, 1.165) is 10.2 Å². The van der Waals surface area contributed by atoms with E-state index in [0.29, 0.717) is 17.4 Å². The number of benzene rings is 1. The summed E-state index contributed by atoms with van der Waals surface area (Å²) < 4.78 is 16.7. The van der Waals surface area contributed by atoms with Crippen molar-refractivity contribution in [2.45, 2.75) is 0 Å². The molecule has 1 heterocycles. The lowest BCUT2D eigenvalue weighted by molar-refractivity contribution is 0.391. The van der Waals surface area contributed by atoms with E-state index in [4.69, 9.17) is 14.2 Å². The summed E-state index contributed by atoms with van der Waals surface area (Å²) in [6.07, 6.45) is 1.63. The maximum atomic E-state index is 5.73. The van der Waals surface area contributed by atoms with E-state index in [9.17, 15) is 0 Å². The van der Waals surface area contributed by atoms with Gasteiger partial charge in [0.2, 0.25) is 5.88 Å². The van der Waals surface area contributed by atoms with Crippen LogP contribution in [0.25, 0.3) is 0 Å². The third-order valence-electron chi connectivity index (χ3n) is 2.28. The Morgan fingerprint density at radius 1 is 1.00 bits per heavy atom. The molecule has 0 fully saturated rings. The highest BCUT2D eigenvalue weighted by Gasteiger charge is 2.05. The molecular weight excluding hydrogens is 298 g/mol. The first-order chi connectivity index (χ1) is 8.72. The molecule has 2 aromatic rings. The largest absolute Gasteiger partial charge is 0.497 e. The summed E-state index contributed by atoms with van der Waals surface area (Å²) in [5, 5.41) is 0. The fraction of sp³-hybridized carbons (Fsp3) is 0.154. The van der Waals surface area contributed by atoms with E-state index >= 15 is 0 Å². The van der Waals surface area contributed by atoms with Gasteiger partial charge < -0.3 is 14.2 Å². The van der Waals surface area contributed by atoms with Crippen LogP contribution in [0.1, 0.15) is 0 Å². The van der Waals surface area contributed by atoms with Gasteiger partial charge in [0, 0.05) is 12.3 Å². The Labute approximate surface area is 114 Å². The number of pyridine rings is 1. The molecule has 18 heavy (non-hydrogen) atoms. The van der Waals surface area contributed by atoms with Crippen LogP contribution in [0.5, 0.6) is 23.1 Å². The van der Waals surface area contributed by atoms with E-state index in [1.165, 1.54) is 0 Å². The van der Waals surface area contributed by atoms with Crippen LogP contribution < -0.4 is 14.2 Å². The fourth-order valence-electron chi connectivity index (χ4n) is 1.38. The molecular formula is C13H12BrNO3. The monoisotopic (exact) mass is 309 g/mol. The molecule has 0 saturated heterocycles. The minimum Gasteiger partial charge on any atom is -0.497 e. The van der Waals surface area contributed by atoms with Crippen LogP contribution in [0, 0.1) is 0 Å². The lowest BCUT2D eigenvalue weighted by Gasteiger charge is -2.09. The molecule has 0 spiro atoms. The van der Waals surface area contributed by atoms with E-state index < -0.39 is 0 Å². The van der Waals surface area contributed by atoms with Crippen molar-refractivity contribution in [3.8, 4) is 23.1 Å². The Balaban J connectivity index is 2.22. The Kier molecular flexibility index (Phi) is 4.04. The van der Waals surface area contributed by atoms with E-state index in [1.807, 2.05) is 18.2 Å². The van der Waals surface area contributed by atoms with Gasteiger partial charge in [-0.25, -0.2) is 4.98 Å². The smallest absolute Gasteiger partial charge is 0.216 e. The highest BCUT2D eigenvalue weighted by molar-refractivity contribution is 9.10. The summed E-state index contributed by atoms with van der Waals surface area (Å²) in [6, 6.07) is 8.98. The van der Waals surface area contributed by atoms with Crippen LogP contribution in [-0.4, -0.2) is 19.2 Å². The first kappa shape index (κ1) is 12.7. The normalized spacial score (nSPS) is 9.94. The molecule has 0 atom stereocenters. The van der Waals surface area contributed by atoms with Crippen molar-refractivity contribution in [1.82, 2.24) is 4.98 Å². The molecule has 0 N–H and O–H groups in total. The van der Waals surface area contributed by atoms with Gasteiger partial charge in [0.1, 0.15) is 17.2 Å². The van der Waals surface area contributed by atoms with Gasteiger partial charge in [-0.2, -0.15) is 0 Å². The van der Waals surface area contributed by atoms with Crippen LogP contribution in [0.15, 0.2) is 41.0 Å². The summed E-state index contributed by atoms with van der Waals surface area (Å²) in [5.74, 6) is 2.63. The predicted molar refractivity (Wildman–Crippen MR) is 71.6 cm³/mol. The summed E-state index contributed by atoms with van der Waals surface area (Å²) in [6.45, 7) is 0. The maximum Gasteiger partial charge on any atom is 0.216 e. The number of aromatic nitrogens is 1. The molecule has 0 aliphatic rings. The Morgan fingerprint density at radius 2 is 1.83 bits per heavy atom. The number of methoxy groups -OCH3 is 2. The first-order valence-corrected chi connectivity index (χ1v) is 6.03. The lowest BCUT2D eigenvalue weighted by Crippen LogP contribution is -1.90. The molecule has 0 bridgehead atoms. The minimum atomic E-state index is 0.511. The second kappa shape index (κ2) is 5.73. The molecule has 0 saturated carbocycles. The van der Waals surface area contributed by atoms with Gasteiger partial charge in [-0.15, -0.1) is 0 Å². The molecule has 0 radical (unpaired) electrons.